The van der Waals surface area contributed by atoms with Gasteiger partial charge in [-0.25, -0.2) is 8.42 Å². The van der Waals surface area contributed by atoms with Crippen LogP contribution in [-0.4, -0.2) is 62.2 Å². The Hall–Kier alpha value is -1.93. The molecular weight excluding hydrogens is 402 g/mol. The van der Waals surface area contributed by atoms with Crippen LogP contribution in [0, 0.1) is 0 Å². The number of rotatable bonds is 5. The summed E-state index contributed by atoms with van der Waals surface area (Å²) in [7, 11) is -3.50. The lowest BCUT2D eigenvalue weighted by Gasteiger charge is -2.21. The molecule has 30 heavy (non-hydrogen) atoms. The molecule has 4 rings (SSSR count). The number of carbonyl (C=O) groups excluding carboxylic acids is 2. The average Bonchev–Trinajstić information content (AvgIpc) is 3.35. The molecular formula is C22H31N3O4S. The summed E-state index contributed by atoms with van der Waals surface area (Å²) in [6.07, 6.45) is 7.13. The van der Waals surface area contributed by atoms with Gasteiger partial charge in [-0.2, -0.15) is 4.31 Å². The summed E-state index contributed by atoms with van der Waals surface area (Å²) in [5.74, 6) is -0.0106. The van der Waals surface area contributed by atoms with Gasteiger partial charge in [0.25, 0.3) is 0 Å². The third-order valence-electron chi connectivity index (χ3n) is 6.46. The van der Waals surface area contributed by atoms with Crippen LogP contribution >= 0.6 is 0 Å². The molecule has 0 atom stereocenters. The first kappa shape index (κ1) is 21.3. The SMILES string of the molecule is O=C(CCC(=O)N1CCc2cc(S(=O)(=O)N3CCCCCC3)ccc21)N1CCCC1. The van der Waals surface area contributed by atoms with Crippen molar-refractivity contribution in [2.24, 2.45) is 0 Å². The molecule has 1 aromatic carbocycles. The van der Waals surface area contributed by atoms with E-state index in [1.54, 1.807) is 27.4 Å². The van der Waals surface area contributed by atoms with Crippen LogP contribution in [0.4, 0.5) is 5.69 Å². The average molecular weight is 434 g/mol. The van der Waals surface area contributed by atoms with Crippen LogP contribution < -0.4 is 4.90 Å². The minimum Gasteiger partial charge on any atom is -0.343 e. The Morgan fingerprint density at radius 2 is 1.43 bits per heavy atom. The van der Waals surface area contributed by atoms with Crippen molar-refractivity contribution in [3.63, 3.8) is 0 Å². The van der Waals surface area contributed by atoms with Gasteiger partial charge in [-0.3, -0.25) is 9.59 Å². The van der Waals surface area contributed by atoms with Gasteiger partial charge < -0.3 is 9.80 Å². The van der Waals surface area contributed by atoms with Crippen molar-refractivity contribution < 1.29 is 18.0 Å². The number of benzene rings is 1. The molecule has 0 aliphatic carbocycles. The van der Waals surface area contributed by atoms with E-state index in [0.717, 1.165) is 62.9 Å². The van der Waals surface area contributed by atoms with Crippen LogP contribution in [-0.2, 0) is 26.0 Å². The number of hydrogen-bond donors (Lipinski definition) is 0. The van der Waals surface area contributed by atoms with E-state index in [1.807, 2.05) is 4.90 Å². The first-order valence-electron chi connectivity index (χ1n) is 11.2. The molecule has 164 valence electrons. The molecule has 0 saturated carbocycles. The summed E-state index contributed by atoms with van der Waals surface area (Å²) in [6, 6.07) is 5.12. The summed E-state index contributed by atoms with van der Waals surface area (Å²) in [4.78, 5) is 28.8. The van der Waals surface area contributed by atoms with Crippen LogP contribution in [0.1, 0.15) is 56.9 Å². The summed E-state index contributed by atoms with van der Waals surface area (Å²) in [5, 5.41) is 0. The Morgan fingerprint density at radius 3 is 2.13 bits per heavy atom. The molecule has 0 aromatic heterocycles. The second kappa shape index (κ2) is 9.06. The second-order valence-corrected chi connectivity index (χ2v) is 10.4. The zero-order chi connectivity index (χ0) is 21.1. The van der Waals surface area contributed by atoms with Crippen molar-refractivity contribution in [1.29, 1.82) is 0 Å². The zero-order valence-corrected chi connectivity index (χ0v) is 18.3. The standard InChI is InChI=1S/C22H31N3O4S/c26-21(23-12-5-6-13-23)9-10-22(27)25-16-11-18-17-19(7-8-20(18)25)30(28,29)24-14-3-1-2-4-15-24/h7-8,17H,1-6,9-16H2. The van der Waals surface area contributed by atoms with E-state index in [1.165, 1.54) is 0 Å². The van der Waals surface area contributed by atoms with E-state index in [-0.39, 0.29) is 24.7 Å². The molecule has 0 spiro atoms. The molecule has 2 fully saturated rings. The Labute approximate surface area is 179 Å². The molecule has 7 nitrogen and oxygen atoms in total. The van der Waals surface area contributed by atoms with Gasteiger partial charge >= 0.3 is 0 Å². The van der Waals surface area contributed by atoms with Gasteiger partial charge in [0, 0.05) is 51.3 Å². The van der Waals surface area contributed by atoms with E-state index in [2.05, 4.69) is 0 Å². The fraction of sp³-hybridized carbons (Fsp3) is 0.636. The van der Waals surface area contributed by atoms with E-state index in [0.29, 0.717) is 31.0 Å². The maximum Gasteiger partial charge on any atom is 0.243 e. The van der Waals surface area contributed by atoms with Crippen molar-refractivity contribution in [3.05, 3.63) is 23.8 Å². The molecule has 3 heterocycles. The van der Waals surface area contributed by atoms with E-state index in [9.17, 15) is 18.0 Å². The highest BCUT2D eigenvalue weighted by Crippen LogP contribution is 2.32. The predicted molar refractivity (Wildman–Crippen MR) is 115 cm³/mol. The summed E-state index contributed by atoms with van der Waals surface area (Å²) in [6.45, 7) is 3.30. The summed E-state index contributed by atoms with van der Waals surface area (Å²) < 4.78 is 27.7. The quantitative estimate of drug-likeness (QED) is 0.715. The molecule has 0 unspecified atom stereocenters. The first-order valence-corrected chi connectivity index (χ1v) is 12.6. The van der Waals surface area contributed by atoms with Gasteiger partial charge in [-0.15, -0.1) is 0 Å². The predicted octanol–water partition coefficient (Wildman–Crippen LogP) is 2.54. The Morgan fingerprint density at radius 1 is 0.800 bits per heavy atom. The molecule has 8 heteroatoms. The normalized spacial score (nSPS) is 20.3. The highest BCUT2D eigenvalue weighted by atomic mass is 32.2. The van der Waals surface area contributed by atoms with Crippen LogP contribution in [0.2, 0.25) is 0 Å². The topological polar surface area (TPSA) is 78.0 Å². The van der Waals surface area contributed by atoms with Gasteiger partial charge in [0.15, 0.2) is 0 Å². The maximum absolute atomic E-state index is 13.1. The third-order valence-corrected chi connectivity index (χ3v) is 8.36. The van der Waals surface area contributed by atoms with Crippen molar-refractivity contribution in [3.8, 4) is 0 Å². The van der Waals surface area contributed by atoms with Gasteiger partial charge in [0.2, 0.25) is 21.8 Å². The lowest BCUT2D eigenvalue weighted by Crippen LogP contribution is -2.32. The van der Waals surface area contributed by atoms with Crippen LogP contribution in [0.5, 0.6) is 0 Å². The molecule has 2 saturated heterocycles. The molecule has 0 N–H and O–H groups in total. The van der Waals surface area contributed by atoms with Crippen LogP contribution in [0.3, 0.4) is 0 Å². The monoisotopic (exact) mass is 433 g/mol. The Kier molecular flexibility index (Phi) is 6.43. The van der Waals surface area contributed by atoms with Gasteiger partial charge in [-0.05, 0) is 55.9 Å². The highest BCUT2D eigenvalue weighted by Gasteiger charge is 2.30. The summed E-state index contributed by atoms with van der Waals surface area (Å²) in [5.41, 5.74) is 1.67. The maximum atomic E-state index is 13.1. The summed E-state index contributed by atoms with van der Waals surface area (Å²) >= 11 is 0. The van der Waals surface area contributed by atoms with Gasteiger partial charge in [0.05, 0.1) is 4.90 Å². The fourth-order valence-corrected chi connectivity index (χ4v) is 6.27. The van der Waals surface area contributed by atoms with Gasteiger partial charge in [0.1, 0.15) is 0 Å². The number of nitrogens with zero attached hydrogens (tertiary/aromatic N) is 3. The smallest absolute Gasteiger partial charge is 0.243 e. The number of sulfonamides is 1. The number of anilines is 1. The van der Waals surface area contributed by atoms with Crippen molar-refractivity contribution in [2.45, 2.75) is 62.7 Å². The largest absolute Gasteiger partial charge is 0.343 e. The lowest BCUT2D eigenvalue weighted by molar-refractivity contribution is -0.132. The molecule has 0 radical (unpaired) electrons. The fourth-order valence-electron chi connectivity index (χ4n) is 4.70. The number of hydrogen-bond acceptors (Lipinski definition) is 4. The highest BCUT2D eigenvalue weighted by molar-refractivity contribution is 7.89. The molecule has 3 aliphatic rings. The Bertz CT molecular complexity index is 901. The van der Waals surface area contributed by atoms with E-state index >= 15 is 0 Å². The minimum absolute atomic E-state index is 0.0548. The van der Waals surface area contributed by atoms with Crippen molar-refractivity contribution >= 4 is 27.5 Å². The lowest BCUT2D eigenvalue weighted by atomic mass is 10.2. The molecule has 1 aromatic rings. The minimum atomic E-state index is -3.50. The molecule has 0 bridgehead atoms. The molecule has 2 amide bonds. The zero-order valence-electron chi connectivity index (χ0n) is 17.5. The number of likely N-dealkylation sites (tertiary alicyclic amines) is 1. The van der Waals surface area contributed by atoms with Gasteiger partial charge in [-0.1, -0.05) is 12.8 Å². The molecule has 3 aliphatic heterocycles. The van der Waals surface area contributed by atoms with E-state index < -0.39 is 10.0 Å². The number of carbonyl (C=O) groups is 2. The Balaban J connectivity index is 1.42. The van der Waals surface area contributed by atoms with Crippen LogP contribution in [0.15, 0.2) is 23.1 Å². The van der Waals surface area contributed by atoms with Crippen molar-refractivity contribution in [1.82, 2.24) is 9.21 Å². The first-order chi connectivity index (χ1) is 14.5. The third kappa shape index (κ3) is 4.39. The van der Waals surface area contributed by atoms with Crippen LogP contribution in [0.25, 0.3) is 0 Å². The second-order valence-electron chi connectivity index (χ2n) is 8.49. The van der Waals surface area contributed by atoms with E-state index in [4.69, 9.17) is 0 Å². The number of fused-ring (bicyclic) bond motifs is 1. The van der Waals surface area contributed by atoms with Crippen molar-refractivity contribution in [2.75, 3.05) is 37.6 Å². The number of amides is 2.